The minimum absolute atomic E-state index is 0.169. The van der Waals surface area contributed by atoms with Gasteiger partial charge in [0.2, 0.25) is 0 Å². The second kappa shape index (κ2) is 7.52. The van der Waals surface area contributed by atoms with Crippen molar-refractivity contribution < 1.29 is 19.1 Å². The lowest BCUT2D eigenvalue weighted by Gasteiger charge is -2.22. The fourth-order valence-corrected chi connectivity index (χ4v) is 1.67. The molecular formula is C15H22N2O4. The number of esters is 1. The van der Waals surface area contributed by atoms with Crippen LogP contribution < -0.4 is 15.4 Å². The highest BCUT2D eigenvalue weighted by Crippen LogP contribution is 2.23. The molecule has 6 nitrogen and oxygen atoms in total. The van der Waals surface area contributed by atoms with Gasteiger partial charge in [-0.05, 0) is 32.9 Å². The Hall–Kier alpha value is -2.24. The van der Waals surface area contributed by atoms with Gasteiger partial charge in [-0.1, -0.05) is 12.1 Å². The van der Waals surface area contributed by atoms with Gasteiger partial charge in [0.25, 0.3) is 0 Å². The van der Waals surface area contributed by atoms with E-state index >= 15 is 0 Å². The summed E-state index contributed by atoms with van der Waals surface area (Å²) in [5.74, 6) is 0.222. The molecule has 2 amide bonds. The van der Waals surface area contributed by atoms with Gasteiger partial charge in [0.15, 0.2) is 0 Å². The summed E-state index contributed by atoms with van der Waals surface area (Å²) in [6.45, 7) is 5.95. The minimum atomic E-state index is -0.786. The number of urea groups is 1. The van der Waals surface area contributed by atoms with Crippen molar-refractivity contribution in [2.24, 2.45) is 5.41 Å². The third-order valence-electron chi connectivity index (χ3n) is 2.86. The van der Waals surface area contributed by atoms with Crippen molar-refractivity contribution in [3.05, 3.63) is 24.3 Å². The van der Waals surface area contributed by atoms with E-state index < -0.39 is 11.4 Å². The van der Waals surface area contributed by atoms with Crippen LogP contribution in [0.3, 0.4) is 0 Å². The van der Waals surface area contributed by atoms with Gasteiger partial charge in [-0.2, -0.15) is 0 Å². The van der Waals surface area contributed by atoms with Crippen LogP contribution in [0.5, 0.6) is 5.75 Å². The Morgan fingerprint density at radius 2 is 1.90 bits per heavy atom. The molecular weight excluding hydrogens is 272 g/mol. The van der Waals surface area contributed by atoms with E-state index in [4.69, 9.17) is 4.74 Å². The van der Waals surface area contributed by atoms with Crippen LogP contribution in [0, 0.1) is 5.41 Å². The highest BCUT2D eigenvalue weighted by atomic mass is 16.5. The molecule has 0 unspecified atom stereocenters. The number of rotatable bonds is 6. The summed E-state index contributed by atoms with van der Waals surface area (Å²) in [7, 11) is 1.32. The molecule has 21 heavy (non-hydrogen) atoms. The third-order valence-corrected chi connectivity index (χ3v) is 2.86. The Morgan fingerprint density at radius 1 is 1.24 bits per heavy atom. The molecule has 0 saturated carbocycles. The number of benzene rings is 1. The summed E-state index contributed by atoms with van der Waals surface area (Å²) >= 11 is 0. The van der Waals surface area contributed by atoms with Crippen molar-refractivity contribution in [2.75, 3.05) is 25.6 Å². The summed E-state index contributed by atoms with van der Waals surface area (Å²) in [5.41, 5.74) is -0.210. The van der Waals surface area contributed by atoms with Gasteiger partial charge in [0, 0.05) is 6.54 Å². The number of methoxy groups -OCH3 is 1. The summed E-state index contributed by atoms with van der Waals surface area (Å²) in [4.78, 5) is 23.4. The molecule has 0 heterocycles. The first-order valence-corrected chi connectivity index (χ1v) is 6.75. The Labute approximate surface area is 124 Å². The maximum Gasteiger partial charge on any atom is 0.319 e. The van der Waals surface area contributed by atoms with Gasteiger partial charge >= 0.3 is 12.0 Å². The predicted molar refractivity (Wildman–Crippen MR) is 80.4 cm³/mol. The molecule has 0 radical (unpaired) electrons. The minimum Gasteiger partial charge on any atom is -0.492 e. The molecule has 0 aliphatic heterocycles. The molecule has 0 fully saturated rings. The molecule has 0 saturated heterocycles. The molecule has 6 heteroatoms. The number of ether oxygens (including phenoxy) is 2. The molecule has 0 aromatic heterocycles. The standard InChI is InChI=1S/C15H22N2O4/c1-5-21-12-9-7-6-8-11(12)17-14(19)16-10-15(2,3)13(18)20-4/h6-9H,5,10H2,1-4H3,(H2,16,17,19). The Morgan fingerprint density at radius 3 is 2.52 bits per heavy atom. The lowest BCUT2D eigenvalue weighted by atomic mass is 9.94. The number of hydrogen-bond acceptors (Lipinski definition) is 4. The fourth-order valence-electron chi connectivity index (χ4n) is 1.67. The van der Waals surface area contributed by atoms with E-state index in [9.17, 15) is 9.59 Å². The quantitative estimate of drug-likeness (QED) is 0.790. The largest absolute Gasteiger partial charge is 0.492 e. The molecule has 1 aromatic rings. The van der Waals surface area contributed by atoms with Crippen molar-refractivity contribution >= 4 is 17.7 Å². The third kappa shape index (κ3) is 4.98. The van der Waals surface area contributed by atoms with Gasteiger partial charge in [-0.15, -0.1) is 0 Å². The first kappa shape index (κ1) is 16.8. The maximum atomic E-state index is 11.9. The molecule has 0 atom stereocenters. The van der Waals surface area contributed by atoms with E-state index in [-0.39, 0.29) is 12.5 Å². The zero-order valence-electron chi connectivity index (χ0n) is 12.9. The lowest BCUT2D eigenvalue weighted by molar-refractivity contribution is -0.150. The molecule has 2 N–H and O–H groups in total. The first-order valence-electron chi connectivity index (χ1n) is 6.75. The van der Waals surface area contributed by atoms with E-state index in [1.54, 1.807) is 32.0 Å². The van der Waals surface area contributed by atoms with E-state index in [2.05, 4.69) is 15.4 Å². The second-order valence-corrected chi connectivity index (χ2v) is 5.11. The average molecular weight is 294 g/mol. The number of hydrogen-bond donors (Lipinski definition) is 2. The SMILES string of the molecule is CCOc1ccccc1NC(=O)NCC(C)(C)C(=O)OC. The van der Waals surface area contributed by atoms with Crippen LogP contribution in [0.1, 0.15) is 20.8 Å². The van der Waals surface area contributed by atoms with E-state index in [1.807, 2.05) is 13.0 Å². The predicted octanol–water partition coefficient (Wildman–Crippen LogP) is 2.41. The summed E-state index contributed by atoms with van der Waals surface area (Å²) < 4.78 is 10.1. The first-order chi connectivity index (χ1) is 9.90. The van der Waals surface area contributed by atoms with E-state index in [1.165, 1.54) is 7.11 Å². The van der Waals surface area contributed by atoms with Crippen molar-refractivity contribution in [1.29, 1.82) is 0 Å². The van der Waals surface area contributed by atoms with Crippen LogP contribution >= 0.6 is 0 Å². The van der Waals surface area contributed by atoms with Crippen molar-refractivity contribution in [2.45, 2.75) is 20.8 Å². The summed E-state index contributed by atoms with van der Waals surface area (Å²) in [5, 5.41) is 5.35. The summed E-state index contributed by atoms with van der Waals surface area (Å²) in [6, 6.07) is 6.75. The molecule has 1 aromatic carbocycles. The van der Waals surface area contributed by atoms with Gasteiger partial charge in [-0.25, -0.2) is 4.79 Å². The fraction of sp³-hybridized carbons (Fsp3) is 0.467. The molecule has 116 valence electrons. The van der Waals surface area contributed by atoms with Crippen molar-refractivity contribution in [3.63, 3.8) is 0 Å². The molecule has 1 rings (SSSR count). The topological polar surface area (TPSA) is 76.7 Å². The average Bonchev–Trinajstić information content (AvgIpc) is 2.46. The Balaban J connectivity index is 2.60. The zero-order valence-corrected chi connectivity index (χ0v) is 12.9. The highest BCUT2D eigenvalue weighted by Gasteiger charge is 2.29. The number of carbonyl (C=O) groups is 2. The van der Waals surface area contributed by atoms with Crippen LogP contribution in [-0.4, -0.2) is 32.3 Å². The van der Waals surface area contributed by atoms with Gasteiger partial charge < -0.3 is 20.1 Å². The van der Waals surface area contributed by atoms with Crippen LogP contribution in [0.15, 0.2) is 24.3 Å². The van der Waals surface area contributed by atoms with Gasteiger partial charge in [0.1, 0.15) is 5.75 Å². The second-order valence-electron chi connectivity index (χ2n) is 5.11. The smallest absolute Gasteiger partial charge is 0.319 e. The molecule has 0 spiro atoms. The number of nitrogens with one attached hydrogen (secondary N) is 2. The van der Waals surface area contributed by atoms with E-state index in [0.29, 0.717) is 18.0 Å². The van der Waals surface area contributed by atoms with Crippen LogP contribution in [0.25, 0.3) is 0 Å². The monoisotopic (exact) mass is 294 g/mol. The molecule has 0 aliphatic rings. The van der Waals surface area contributed by atoms with Crippen LogP contribution in [-0.2, 0) is 9.53 Å². The van der Waals surface area contributed by atoms with Gasteiger partial charge in [-0.3, -0.25) is 4.79 Å². The van der Waals surface area contributed by atoms with Crippen LogP contribution in [0.2, 0.25) is 0 Å². The lowest BCUT2D eigenvalue weighted by Crippen LogP contribution is -2.41. The molecule has 0 aliphatic carbocycles. The van der Waals surface area contributed by atoms with E-state index in [0.717, 1.165) is 0 Å². The Kier molecular flexibility index (Phi) is 6.02. The number of carbonyl (C=O) groups excluding carboxylic acids is 2. The van der Waals surface area contributed by atoms with Crippen LogP contribution in [0.4, 0.5) is 10.5 Å². The normalized spacial score (nSPS) is 10.7. The van der Waals surface area contributed by atoms with Gasteiger partial charge in [0.05, 0.1) is 24.8 Å². The zero-order chi connectivity index (χ0) is 15.9. The highest BCUT2D eigenvalue weighted by molar-refractivity contribution is 5.91. The number of amides is 2. The Bertz CT molecular complexity index is 500. The number of para-hydroxylation sites is 2. The summed E-state index contributed by atoms with van der Waals surface area (Å²) in [6.07, 6.45) is 0. The van der Waals surface area contributed by atoms with Crippen molar-refractivity contribution in [1.82, 2.24) is 5.32 Å². The van der Waals surface area contributed by atoms with Crippen molar-refractivity contribution in [3.8, 4) is 5.75 Å². The number of anilines is 1. The maximum absolute atomic E-state index is 11.9. The molecule has 0 bridgehead atoms.